The number of hydrogen-bond donors (Lipinski definition) is 1. The number of hydrogen-bond acceptors (Lipinski definition) is 1. The van der Waals surface area contributed by atoms with Crippen molar-refractivity contribution < 1.29 is 9.90 Å². The SMILES string of the molecule is CC(CBr)(CCCCCCCCCCCBr)C(=O)O. The number of carboxylic acid groups (broad SMARTS) is 1. The fourth-order valence-corrected chi connectivity index (χ4v) is 2.99. The third-order valence-electron chi connectivity index (χ3n) is 3.67. The lowest BCUT2D eigenvalue weighted by Gasteiger charge is -2.21. The van der Waals surface area contributed by atoms with Gasteiger partial charge < -0.3 is 5.11 Å². The third-order valence-corrected chi connectivity index (χ3v) is 5.47. The van der Waals surface area contributed by atoms with E-state index in [2.05, 4.69) is 31.9 Å². The Morgan fingerprint density at radius 3 is 1.68 bits per heavy atom. The van der Waals surface area contributed by atoms with Gasteiger partial charge in [-0.05, 0) is 19.8 Å². The van der Waals surface area contributed by atoms with Crippen LogP contribution in [0.3, 0.4) is 0 Å². The minimum Gasteiger partial charge on any atom is -0.481 e. The van der Waals surface area contributed by atoms with Gasteiger partial charge in [0.05, 0.1) is 5.41 Å². The molecule has 2 nitrogen and oxygen atoms in total. The van der Waals surface area contributed by atoms with Crippen LogP contribution >= 0.6 is 31.9 Å². The van der Waals surface area contributed by atoms with Crippen LogP contribution in [0.15, 0.2) is 0 Å². The van der Waals surface area contributed by atoms with E-state index in [1.54, 1.807) is 0 Å². The molecule has 0 saturated heterocycles. The molecule has 0 aromatic carbocycles. The lowest BCUT2D eigenvalue weighted by Crippen LogP contribution is -2.29. The number of halogens is 2. The predicted octanol–water partition coefficient (Wildman–Crippen LogP) is 5.77. The van der Waals surface area contributed by atoms with Gasteiger partial charge in [0.25, 0.3) is 0 Å². The van der Waals surface area contributed by atoms with Crippen molar-refractivity contribution in [2.24, 2.45) is 5.41 Å². The van der Waals surface area contributed by atoms with Crippen LogP contribution in [0.1, 0.15) is 71.1 Å². The number of unbranched alkanes of at least 4 members (excludes halogenated alkanes) is 8. The minimum absolute atomic E-state index is 0.545. The van der Waals surface area contributed by atoms with Crippen LogP contribution in [0, 0.1) is 5.41 Å². The van der Waals surface area contributed by atoms with Crippen molar-refractivity contribution in [3.05, 3.63) is 0 Å². The first kappa shape index (κ1) is 19.4. The smallest absolute Gasteiger partial charge is 0.310 e. The Labute approximate surface area is 135 Å². The monoisotopic (exact) mass is 398 g/mol. The first-order chi connectivity index (χ1) is 9.06. The van der Waals surface area contributed by atoms with E-state index in [0.29, 0.717) is 5.33 Å². The van der Waals surface area contributed by atoms with Crippen molar-refractivity contribution in [3.63, 3.8) is 0 Å². The standard InChI is InChI=1S/C15H28Br2O2/c1-15(13-17,14(18)19)11-9-7-5-3-2-4-6-8-10-12-16/h2-13H2,1H3,(H,18,19). The average Bonchev–Trinajstić information content (AvgIpc) is 2.40. The summed E-state index contributed by atoms with van der Waals surface area (Å²) in [6, 6.07) is 0. The van der Waals surface area contributed by atoms with Gasteiger partial charge in [0.15, 0.2) is 0 Å². The Kier molecular flexibility index (Phi) is 12.5. The van der Waals surface area contributed by atoms with Crippen molar-refractivity contribution in [3.8, 4) is 0 Å². The van der Waals surface area contributed by atoms with Gasteiger partial charge in [-0.25, -0.2) is 0 Å². The summed E-state index contributed by atoms with van der Waals surface area (Å²) in [5, 5.41) is 10.8. The van der Waals surface area contributed by atoms with E-state index in [1.807, 2.05) is 6.92 Å². The zero-order valence-corrected chi connectivity index (χ0v) is 15.3. The fourth-order valence-electron chi connectivity index (χ4n) is 2.08. The normalized spacial score (nSPS) is 14.3. The Balaban J connectivity index is 3.38. The van der Waals surface area contributed by atoms with Crippen LogP contribution in [0.25, 0.3) is 0 Å². The summed E-state index contributed by atoms with van der Waals surface area (Å²) in [6.45, 7) is 1.83. The van der Waals surface area contributed by atoms with Gasteiger partial charge in [0, 0.05) is 10.7 Å². The Bertz CT molecular complexity index is 234. The van der Waals surface area contributed by atoms with Crippen LogP contribution in [0.2, 0.25) is 0 Å². The van der Waals surface area contributed by atoms with Gasteiger partial charge in [-0.3, -0.25) is 4.79 Å². The Morgan fingerprint density at radius 1 is 0.895 bits per heavy atom. The van der Waals surface area contributed by atoms with Crippen molar-refractivity contribution in [2.45, 2.75) is 71.1 Å². The Hall–Kier alpha value is 0.430. The summed E-state index contributed by atoms with van der Waals surface area (Å²) in [5.74, 6) is -0.684. The summed E-state index contributed by atoms with van der Waals surface area (Å²) in [5.41, 5.74) is -0.588. The number of aliphatic carboxylic acids is 1. The second-order valence-corrected chi connectivity index (χ2v) is 6.97. The zero-order valence-electron chi connectivity index (χ0n) is 12.1. The zero-order chi connectivity index (χ0) is 14.6. The molecule has 114 valence electrons. The molecule has 1 N–H and O–H groups in total. The topological polar surface area (TPSA) is 37.3 Å². The number of rotatable bonds is 13. The first-order valence-electron chi connectivity index (χ1n) is 7.42. The molecule has 0 heterocycles. The summed E-state index contributed by atoms with van der Waals surface area (Å²) in [6.07, 6.45) is 12.2. The second kappa shape index (κ2) is 12.2. The van der Waals surface area contributed by atoms with E-state index in [1.165, 1.54) is 44.9 Å². The van der Waals surface area contributed by atoms with Crippen LogP contribution in [-0.2, 0) is 4.79 Å². The molecule has 0 fully saturated rings. The second-order valence-electron chi connectivity index (χ2n) is 5.62. The van der Waals surface area contributed by atoms with Crippen molar-refractivity contribution >= 4 is 37.8 Å². The van der Waals surface area contributed by atoms with Gasteiger partial charge in [-0.1, -0.05) is 83.2 Å². The molecule has 0 saturated carbocycles. The summed E-state index contributed by atoms with van der Waals surface area (Å²) >= 11 is 6.76. The van der Waals surface area contributed by atoms with Gasteiger partial charge in [-0.15, -0.1) is 0 Å². The van der Waals surface area contributed by atoms with E-state index < -0.39 is 11.4 Å². The molecule has 0 radical (unpaired) electrons. The maximum atomic E-state index is 11.1. The van der Waals surface area contributed by atoms with Crippen LogP contribution < -0.4 is 0 Å². The maximum absolute atomic E-state index is 11.1. The molecule has 0 aromatic rings. The quantitative estimate of drug-likeness (QED) is 0.315. The van der Waals surface area contributed by atoms with E-state index in [9.17, 15) is 4.79 Å². The van der Waals surface area contributed by atoms with Gasteiger partial charge in [-0.2, -0.15) is 0 Å². The Morgan fingerprint density at radius 2 is 1.32 bits per heavy atom. The van der Waals surface area contributed by atoms with Crippen LogP contribution in [-0.4, -0.2) is 21.7 Å². The largest absolute Gasteiger partial charge is 0.481 e. The molecule has 4 heteroatoms. The number of carbonyl (C=O) groups is 1. The molecule has 0 aromatic heterocycles. The van der Waals surface area contributed by atoms with Gasteiger partial charge >= 0.3 is 5.97 Å². The minimum atomic E-state index is -0.684. The molecular formula is C15H28Br2O2. The molecule has 0 aliphatic rings. The highest BCUT2D eigenvalue weighted by atomic mass is 79.9. The summed E-state index contributed by atoms with van der Waals surface area (Å²) in [4.78, 5) is 11.1. The van der Waals surface area contributed by atoms with E-state index in [0.717, 1.165) is 24.6 Å². The van der Waals surface area contributed by atoms with E-state index in [-0.39, 0.29) is 0 Å². The molecule has 19 heavy (non-hydrogen) atoms. The average molecular weight is 400 g/mol. The molecule has 0 rings (SSSR count). The highest BCUT2D eigenvalue weighted by molar-refractivity contribution is 9.09. The lowest BCUT2D eigenvalue weighted by atomic mass is 9.87. The number of alkyl halides is 2. The molecular weight excluding hydrogens is 372 g/mol. The van der Waals surface area contributed by atoms with Crippen LogP contribution in [0.5, 0.6) is 0 Å². The van der Waals surface area contributed by atoms with Crippen LogP contribution in [0.4, 0.5) is 0 Å². The predicted molar refractivity (Wildman–Crippen MR) is 89.5 cm³/mol. The maximum Gasteiger partial charge on any atom is 0.310 e. The molecule has 0 aliphatic carbocycles. The summed E-state index contributed by atoms with van der Waals surface area (Å²) < 4.78 is 0. The lowest BCUT2D eigenvalue weighted by molar-refractivity contribution is -0.146. The van der Waals surface area contributed by atoms with Gasteiger partial charge in [0.1, 0.15) is 0 Å². The molecule has 0 amide bonds. The fraction of sp³-hybridized carbons (Fsp3) is 0.933. The van der Waals surface area contributed by atoms with Crippen molar-refractivity contribution in [2.75, 3.05) is 10.7 Å². The molecule has 0 spiro atoms. The van der Waals surface area contributed by atoms with Crippen molar-refractivity contribution in [1.82, 2.24) is 0 Å². The number of carboxylic acids is 1. The molecule has 1 atom stereocenters. The van der Waals surface area contributed by atoms with Gasteiger partial charge in [0.2, 0.25) is 0 Å². The molecule has 0 aliphatic heterocycles. The molecule has 1 unspecified atom stereocenters. The first-order valence-corrected chi connectivity index (χ1v) is 9.66. The van der Waals surface area contributed by atoms with Crippen molar-refractivity contribution in [1.29, 1.82) is 0 Å². The highest BCUT2D eigenvalue weighted by Gasteiger charge is 2.30. The van der Waals surface area contributed by atoms with E-state index in [4.69, 9.17) is 5.11 Å². The highest BCUT2D eigenvalue weighted by Crippen LogP contribution is 2.27. The molecule has 0 bridgehead atoms. The summed E-state index contributed by atoms with van der Waals surface area (Å²) in [7, 11) is 0. The van der Waals surface area contributed by atoms with E-state index >= 15 is 0 Å². The third kappa shape index (κ3) is 9.89.